The first-order valence-electron chi connectivity index (χ1n) is 9.60. The van der Waals surface area contributed by atoms with E-state index in [9.17, 15) is 24.1 Å². The van der Waals surface area contributed by atoms with Gasteiger partial charge in [-0.2, -0.15) is 0 Å². The van der Waals surface area contributed by atoms with Crippen molar-refractivity contribution in [3.8, 4) is 11.4 Å². The Morgan fingerprint density at radius 1 is 1.12 bits per heavy atom. The molecule has 12 heteroatoms. The predicted molar refractivity (Wildman–Crippen MR) is 113 cm³/mol. The summed E-state index contributed by atoms with van der Waals surface area (Å²) in [6, 6.07) is 11.4. The van der Waals surface area contributed by atoms with Gasteiger partial charge in [0.25, 0.3) is 11.6 Å². The number of carbonyl (C=O) groups excluding carboxylic acids is 2. The number of amides is 2. The molecule has 164 valence electrons. The van der Waals surface area contributed by atoms with Crippen molar-refractivity contribution in [2.75, 3.05) is 5.75 Å². The SMILES string of the molecule is O=C(CSc1nnc(-c2ccccc2F)n1C1CC1)NNC(=O)c1ccc([N+](=O)[O-])cc1. The van der Waals surface area contributed by atoms with Crippen LogP contribution in [0, 0.1) is 15.9 Å². The van der Waals surface area contributed by atoms with E-state index in [4.69, 9.17) is 0 Å². The van der Waals surface area contributed by atoms with Gasteiger partial charge in [0.1, 0.15) is 5.82 Å². The summed E-state index contributed by atoms with van der Waals surface area (Å²) < 4.78 is 16.1. The summed E-state index contributed by atoms with van der Waals surface area (Å²) in [7, 11) is 0. The highest BCUT2D eigenvalue weighted by molar-refractivity contribution is 7.99. The Morgan fingerprint density at radius 2 is 1.84 bits per heavy atom. The molecule has 0 bridgehead atoms. The van der Waals surface area contributed by atoms with Crippen molar-refractivity contribution in [1.29, 1.82) is 0 Å². The van der Waals surface area contributed by atoms with Gasteiger partial charge in [-0.05, 0) is 37.1 Å². The van der Waals surface area contributed by atoms with Gasteiger partial charge >= 0.3 is 0 Å². The zero-order valence-corrected chi connectivity index (χ0v) is 17.3. The first-order valence-corrected chi connectivity index (χ1v) is 10.6. The summed E-state index contributed by atoms with van der Waals surface area (Å²) in [5, 5.41) is 19.4. The lowest BCUT2D eigenvalue weighted by Crippen LogP contribution is -2.42. The third kappa shape index (κ3) is 4.75. The normalized spacial score (nSPS) is 12.9. The average molecular weight is 456 g/mol. The summed E-state index contributed by atoms with van der Waals surface area (Å²) in [5.41, 5.74) is 4.91. The van der Waals surface area contributed by atoms with E-state index in [0.29, 0.717) is 16.5 Å². The molecule has 0 atom stereocenters. The van der Waals surface area contributed by atoms with Gasteiger partial charge in [-0.3, -0.25) is 35.1 Å². The van der Waals surface area contributed by atoms with Crippen LogP contribution in [0.25, 0.3) is 11.4 Å². The standard InChI is InChI=1S/C20H17FN6O4S/c21-16-4-2-1-3-15(16)18-23-25-20(26(18)13-9-10-13)32-11-17(28)22-24-19(29)12-5-7-14(8-6-12)27(30)31/h1-8,13H,9-11H2,(H,22,28)(H,24,29). The minimum Gasteiger partial charge on any atom is -0.299 e. The molecule has 4 rings (SSSR count). The van der Waals surface area contributed by atoms with Crippen molar-refractivity contribution in [2.24, 2.45) is 0 Å². The van der Waals surface area contributed by atoms with Crippen LogP contribution in [-0.2, 0) is 4.79 Å². The van der Waals surface area contributed by atoms with Gasteiger partial charge in [-0.15, -0.1) is 10.2 Å². The zero-order valence-electron chi connectivity index (χ0n) is 16.5. The fourth-order valence-corrected chi connectivity index (χ4v) is 3.77. The number of halogens is 1. The minimum atomic E-state index is -0.610. The summed E-state index contributed by atoms with van der Waals surface area (Å²) in [4.78, 5) is 34.4. The maximum atomic E-state index is 14.2. The van der Waals surface area contributed by atoms with Crippen molar-refractivity contribution in [1.82, 2.24) is 25.6 Å². The van der Waals surface area contributed by atoms with E-state index in [1.165, 1.54) is 30.3 Å². The second kappa shape index (κ2) is 9.14. The molecular formula is C20H17FN6O4S. The third-order valence-electron chi connectivity index (χ3n) is 4.68. The van der Waals surface area contributed by atoms with Crippen LogP contribution in [0.15, 0.2) is 53.7 Å². The van der Waals surface area contributed by atoms with Crippen molar-refractivity contribution in [2.45, 2.75) is 24.0 Å². The number of nitrogens with zero attached hydrogens (tertiary/aromatic N) is 4. The van der Waals surface area contributed by atoms with Gasteiger partial charge in [0, 0.05) is 23.7 Å². The van der Waals surface area contributed by atoms with E-state index in [2.05, 4.69) is 21.0 Å². The number of nitro benzene ring substituents is 1. The summed E-state index contributed by atoms with van der Waals surface area (Å²) in [5.74, 6) is -1.13. The molecule has 1 saturated carbocycles. The second-order valence-corrected chi connectivity index (χ2v) is 7.92. The largest absolute Gasteiger partial charge is 0.299 e. The Morgan fingerprint density at radius 3 is 2.50 bits per heavy atom. The number of aromatic nitrogens is 3. The number of hydrogen-bond acceptors (Lipinski definition) is 7. The van der Waals surface area contributed by atoms with Gasteiger partial charge in [0.05, 0.1) is 16.2 Å². The predicted octanol–water partition coefficient (Wildman–Crippen LogP) is 2.88. The van der Waals surface area contributed by atoms with Crippen LogP contribution in [-0.4, -0.2) is 37.3 Å². The highest BCUT2D eigenvalue weighted by Crippen LogP contribution is 2.41. The lowest BCUT2D eigenvalue weighted by atomic mass is 10.2. The van der Waals surface area contributed by atoms with E-state index >= 15 is 0 Å². The van der Waals surface area contributed by atoms with Crippen LogP contribution in [0.5, 0.6) is 0 Å². The number of non-ortho nitro benzene ring substituents is 1. The molecule has 0 aliphatic heterocycles. The van der Waals surface area contributed by atoms with E-state index < -0.39 is 22.6 Å². The number of rotatable bonds is 7. The van der Waals surface area contributed by atoms with Gasteiger partial charge < -0.3 is 0 Å². The summed E-state index contributed by atoms with van der Waals surface area (Å²) in [6.45, 7) is 0. The first kappa shape index (κ1) is 21.4. The van der Waals surface area contributed by atoms with Gasteiger partial charge in [-0.25, -0.2) is 4.39 Å². The Labute approximate surface area is 185 Å². The summed E-state index contributed by atoms with van der Waals surface area (Å²) in [6.07, 6.45) is 1.84. The molecule has 10 nitrogen and oxygen atoms in total. The quantitative estimate of drug-likeness (QED) is 0.317. The lowest BCUT2D eigenvalue weighted by Gasteiger charge is -2.10. The maximum Gasteiger partial charge on any atom is 0.269 e. The summed E-state index contributed by atoms with van der Waals surface area (Å²) >= 11 is 1.13. The molecule has 2 amide bonds. The molecule has 3 aromatic rings. The molecule has 0 radical (unpaired) electrons. The molecule has 1 heterocycles. The fourth-order valence-electron chi connectivity index (χ4n) is 2.96. The minimum absolute atomic E-state index is 0.0529. The monoisotopic (exact) mass is 456 g/mol. The number of hydrazine groups is 1. The molecule has 1 aliphatic carbocycles. The van der Waals surface area contributed by atoms with Crippen molar-refractivity contribution in [3.63, 3.8) is 0 Å². The highest BCUT2D eigenvalue weighted by Gasteiger charge is 2.31. The lowest BCUT2D eigenvalue weighted by molar-refractivity contribution is -0.384. The van der Waals surface area contributed by atoms with Crippen LogP contribution in [0.1, 0.15) is 29.2 Å². The van der Waals surface area contributed by atoms with Gasteiger partial charge in [0.2, 0.25) is 5.91 Å². The van der Waals surface area contributed by atoms with Crippen molar-refractivity contribution < 1.29 is 18.9 Å². The molecule has 32 heavy (non-hydrogen) atoms. The number of hydrogen-bond donors (Lipinski definition) is 2. The Balaban J connectivity index is 1.36. The average Bonchev–Trinajstić information content (AvgIpc) is 3.55. The van der Waals surface area contributed by atoms with Gasteiger partial charge in [0.15, 0.2) is 11.0 Å². The van der Waals surface area contributed by atoms with E-state index in [-0.39, 0.29) is 23.0 Å². The molecule has 0 spiro atoms. The Hall–Kier alpha value is -3.80. The first-order chi connectivity index (χ1) is 15.4. The third-order valence-corrected chi connectivity index (χ3v) is 5.62. The number of carbonyl (C=O) groups is 2. The van der Waals surface area contributed by atoms with Crippen LogP contribution >= 0.6 is 11.8 Å². The second-order valence-electron chi connectivity index (χ2n) is 6.98. The molecule has 0 unspecified atom stereocenters. The number of thioether (sulfide) groups is 1. The molecule has 0 saturated heterocycles. The van der Waals surface area contributed by atoms with E-state index in [1.807, 2.05) is 4.57 Å². The van der Waals surface area contributed by atoms with Crippen LogP contribution < -0.4 is 10.9 Å². The van der Waals surface area contributed by atoms with E-state index in [1.54, 1.807) is 18.2 Å². The number of nitro groups is 1. The number of benzene rings is 2. The van der Waals surface area contributed by atoms with Crippen molar-refractivity contribution in [3.05, 3.63) is 70.0 Å². The van der Waals surface area contributed by atoms with Crippen LogP contribution in [0.3, 0.4) is 0 Å². The number of nitrogens with one attached hydrogen (secondary N) is 2. The molecule has 1 fully saturated rings. The molecule has 1 aliphatic rings. The Kier molecular flexibility index (Phi) is 6.12. The zero-order chi connectivity index (χ0) is 22.7. The molecule has 2 N–H and O–H groups in total. The molecule has 1 aromatic heterocycles. The maximum absolute atomic E-state index is 14.2. The van der Waals surface area contributed by atoms with Crippen LogP contribution in [0.4, 0.5) is 10.1 Å². The van der Waals surface area contributed by atoms with Crippen LogP contribution in [0.2, 0.25) is 0 Å². The van der Waals surface area contributed by atoms with Gasteiger partial charge in [-0.1, -0.05) is 23.9 Å². The highest BCUT2D eigenvalue weighted by atomic mass is 32.2. The topological polar surface area (TPSA) is 132 Å². The van der Waals surface area contributed by atoms with Crippen molar-refractivity contribution >= 4 is 29.3 Å². The molecular weight excluding hydrogens is 439 g/mol. The smallest absolute Gasteiger partial charge is 0.269 e. The molecule has 2 aromatic carbocycles. The fraction of sp³-hybridized carbons (Fsp3) is 0.200. The Bertz CT molecular complexity index is 1180. The van der Waals surface area contributed by atoms with E-state index in [0.717, 1.165) is 24.6 Å².